The van der Waals surface area contributed by atoms with Gasteiger partial charge >= 0.3 is 6.18 Å². The molecule has 0 radical (unpaired) electrons. The zero-order chi connectivity index (χ0) is 20.6. The van der Waals surface area contributed by atoms with Crippen molar-refractivity contribution in [3.05, 3.63) is 71.4 Å². The molecule has 2 aromatic heterocycles. The summed E-state index contributed by atoms with van der Waals surface area (Å²) in [7, 11) is 0. The number of aryl methyl sites for hydroxylation is 2. The number of hydrogen-bond donors (Lipinski definition) is 0. The second-order valence-electron chi connectivity index (χ2n) is 7.39. The number of nitrogens with zero attached hydrogens (tertiary/aromatic N) is 3. The molecule has 0 amide bonds. The number of pyridine rings is 1. The topological polar surface area (TPSA) is 47.9 Å². The highest BCUT2D eigenvalue weighted by molar-refractivity contribution is 5.68. The summed E-state index contributed by atoms with van der Waals surface area (Å²) >= 11 is 0. The summed E-state index contributed by atoms with van der Waals surface area (Å²) in [6, 6.07) is 9.19. The van der Waals surface area contributed by atoms with E-state index in [1.807, 2.05) is 25.3 Å². The minimum atomic E-state index is -4.41. The Labute approximate surface area is 166 Å². The van der Waals surface area contributed by atoms with E-state index in [1.165, 1.54) is 12.3 Å². The first-order valence-corrected chi connectivity index (χ1v) is 9.38. The van der Waals surface area contributed by atoms with E-state index in [1.54, 1.807) is 13.0 Å². The van der Waals surface area contributed by atoms with Gasteiger partial charge < -0.3 is 4.74 Å². The van der Waals surface area contributed by atoms with Gasteiger partial charge in [0.1, 0.15) is 5.82 Å². The van der Waals surface area contributed by atoms with Gasteiger partial charge in [-0.25, -0.2) is 4.98 Å². The molecule has 1 saturated carbocycles. The van der Waals surface area contributed by atoms with Crippen molar-refractivity contribution in [1.29, 1.82) is 0 Å². The molecule has 0 bridgehead atoms. The molecular weight excluding hydrogens is 379 g/mol. The van der Waals surface area contributed by atoms with Crippen molar-refractivity contribution in [1.82, 2.24) is 15.0 Å². The summed E-state index contributed by atoms with van der Waals surface area (Å²) in [6.45, 7) is 4.15. The van der Waals surface area contributed by atoms with Crippen molar-refractivity contribution in [3.63, 3.8) is 0 Å². The Kier molecular flexibility index (Phi) is 4.98. The molecular formula is C22H20F3N3O. The van der Waals surface area contributed by atoms with Crippen LogP contribution in [0.1, 0.15) is 35.0 Å². The van der Waals surface area contributed by atoms with Gasteiger partial charge in [0.05, 0.1) is 17.7 Å². The van der Waals surface area contributed by atoms with E-state index in [-0.39, 0.29) is 0 Å². The lowest BCUT2D eigenvalue weighted by atomic mass is 10.1. The number of halogens is 3. The van der Waals surface area contributed by atoms with Crippen LogP contribution in [0.15, 0.2) is 48.8 Å². The zero-order valence-electron chi connectivity index (χ0n) is 16.1. The van der Waals surface area contributed by atoms with Gasteiger partial charge in [-0.05, 0) is 49.6 Å². The van der Waals surface area contributed by atoms with E-state index in [0.717, 1.165) is 29.8 Å². The standard InChI is InChI=1S/C22H20F3N3O/c1-13-6-7-20(27-10-13)18-9-16(18)12-29-21-19(11-26-14(2)28-21)15-4-3-5-17(8-15)22(23,24)25/h3-8,10-11,16,18H,9,12H2,1-2H3. The summed E-state index contributed by atoms with van der Waals surface area (Å²) < 4.78 is 45.2. The predicted molar refractivity (Wildman–Crippen MR) is 103 cm³/mol. The van der Waals surface area contributed by atoms with Crippen LogP contribution in [0.5, 0.6) is 5.88 Å². The van der Waals surface area contributed by atoms with Gasteiger partial charge in [0.2, 0.25) is 5.88 Å². The molecule has 150 valence electrons. The Balaban J connectivity index is 1.52. The van der Waals surface area contributed by atoms with Crippen LogP contribution in [-0.4, -0.2) is 21.6 Å². The molecule has 1 aromatic carbocycles. The Morgan fingerprint density at radius 1 is 1.07 bits per heavy atom. The first-order valence-electron chi connectivity index (χ1n) is 9.38. The lowest BCUT2D eigenvalue weighted by Gasteiger charge is -2.13. The van der Waals surface area contributed by atoms with Crippen molar-refractivity contribution in [2.75, 3.05) is 6.61 Å². The number of hydrogen-bond acceptors (Lipinski definition) is 4. The van der Waals surface area contributed by atoms with E-state index in [0.29, 0.717) is 41.3 Å². The van der Waals surface area contributed by atoms with E-state index in [2.05, 4.69) is 15.0 Å². The molecule has 1 fully saturated rings. The SMILES string of the molecule is Cc1ccc(C2CC2COc2nc(C)ncc2-c2cccc(C(F)(F)F)c2)nc1. The fourth-order valence-electron chi connectivity index (χ4n) is 3.30. The highest BCUT2D eigenvalue weighted by Crippen LogP contribution is 2.47. The Morgan fingerprint density at radius 2 is 1.90 bits per heavy atom. The third-order valence-electron chi connectivity index (χ3n) is 5.05. The molecule has 0 spiro atoms. The second kappa shape index (κ2) is 7.46. The second-order valence-corrected chi connectivity index (χ2v) is 7.39. The van der Waals surface area contributed by atoms with E-state index >= 15 is 0 Å². The van der Waals surface area contributed by atoms with Gasteiger partial charge in [0.25, 0.3) is 0 Å². The van der Waals surface area contributed by atoms with E-state index < -0.39 is 11.7 Å². The summed E-state index contributed by atoms with van der Waals surface area (Å²) in [6.07, 6.45) is -0.0754. The summed E-state index contributed by atoms with van der Waals surface area (Å²) in [5, 5.41) is 0. The minimum Gasteiger partial charge on any atom is -0.477 e. The summed E-state index contributed by atoms with van der Waals surface area (Å²) in [5.74, 6) is 1.47. The van der Waals surface area contributed by atoms with Crippen LogP contribution in [-0.2, 0) is 6.18 Å². The molecule has 0 N–H and O–H groups in total. The maximum Gasteiger partial charge on any atom is 0.416 e. The number of alkyl halides is 3. The lowest BCUT2D eigenvalue weighted by Crippen LogP contribution is -2.07. The lowest BCUT2D eigenvalue weighted by molar-refractivity contribution is -0.137. The Morgan fingerprint density at radius 3 is 2.62 bits per heavy atom. The number of ether oxygens (including phenoxy) is 1. The third-order valence-corrected chi connectivity index (χ3v) is 5.05. The first kappa shape index (κ1) is 19.4. The van der Waals surface area contributed by atoms with Gasteiger partial charge in [0.15, 0.2) is 0 Å². The molecule has 1 aliphatic rings. The van der Waals surface area contributed by atoms with Crippen LogP contribution >= 0.6 is 0 Å². The third kappa shape index (κ3) is 4.39. The quantitative estimate of drug-likeness (QED) is 0.580. The fraction of sp³-hybridized carbons (Fsp3) is 0.318. The zero-order valence-corrected chi connectivity index (χ0v) is 16.1. The monoisotopic (exact) mass is 399 g/mol. The number of rotatable bonds is 5. The average Bonchev–Trinajstić information content (AvgIpc) is 3.46. The summed E-state index contributed by atoms with van der Waals surface area (Å²) in [5.41, 5.74) is 2.27. The molecule has 2 unspecified atom stereocenters. The largest absolute Gasteiger partial charge is 0.477 e. The van der Waals surface area contributed by atoms with Gasteiger partial charge in [-0.2, -0.15) is 18.2 Å². The molecule has 2 atom stereocenters. The Hall–Kier alpha value is -2.96. The molecule has 7 heteroatoms. The number of aromatic nitrogens is 3. The summed E-state index contributed by atoms with van der Waals surface area (Å²) in [4.78, 5) is 12.9. The molecule has 1 aliphatic carbocycles. The van der Waals surface area contributed by atoms with Gasteiger partial charge in [-0.15, -0.1) is 0 Å². The normalized spacial score (nSPS) is 18.5. The van der Waals surface area contributed by atoms with Crippen LogP contribution in [0, 0.1) is 19.8 Å². The molecule has 4 rings (SSSR count). The minimum absolute atomic E-state index is 0.305. The molecule has 0 saturated heterocycles. The number of benzene rings is 1. The van der Waals surface area contributed by atoms with Gasteiger partial charge in [0, 0.05) is 29.9 Å². The van der Waals surface area contributed by atoms with Crippen LogP contribution in [0.2, 0.25) is 0 Å². The smallest absolute Gasteiger partial charge is 0.416 e. The van der Waals surface area contributed by atoms with E-state index in [4.69, 9.17) is 4.74 Å². The van der Waals surface area contributed by atoms with E-state index in [9.17, 15) is 13.2 Å². The van der Waals surface area contributed by atoms with Gasteiger partial charge in [-0.1, -0.05) is 18.2 Å². The van der Waals surface area contributed by atoms with Crippen LogP contribution in [0.3, 0.4) is 0 Å². The van der Waals surface area contributed by atoms with Gasteiger partial charge in [-0.3, -0.25) is 4.98 Å². The van der Waals surface area contributed by atoms with Crippen LogP contribution < -0.4 is 4.74 Å². The average molecular weight is 399 g/mol. The van der Waals surface area contributed by atoms with Crippen molar-refractivity contribution in [2.45, 2.75) is 32.4 Å². The highest BCUT2D eigenvalue weighted by Gasteiger charge is 2.40. The van der Waals surface area contributed by atoms with Crippen molar-refractivity contribution >= 4 is 0 Å². The predicted octanol–water partition coefficient (Wildman–Crippen LogP) is 5.36. The molecule has 2 heterocycles. The van der Waals surface area contributed by atoms with Crippen molar-refractivity contribution < 1.29 is 17.9 Å². The molecule has 3 aromatic rings. The highest BCUT2D eigenvalue weighted by atomic mass is 19.4. The maximum atomic E-state index is 13.1. The first-order chi connectivity index (χ1) is 13.8. The van der Waals surface area contributed by atoms with Crippen LogP contribution in [0.25, 0.3) is 11.1 Å². The van der Waals surface area contributed by atoms with Crippen molar-refractivity contribution in [2.24, 2.45) is 5.92 Å². The van der Waals surface area contributed by atoms with Crippen LogP contribution in [0.4, 0.5) is 13.2 Å². The fourth-order valence-corrected chi connectivity index (χ4v) is 3.30. The molecule has 29 heavy (non-hydrogen) atoms. The van der Waals surface area contributed by atoms with Crippen molar-refractivity contribution in [3.8, 4) is 17.0 Å². The molecule has 4 nitrogen and oxygen atoms in total. The maximum absolute atomic E-state index is 13.1. The Bertz CT molecular complexity index is 1020. The molecule has 0 aliphatic heterocycles.